The van der Waals surface area contributed by atoms with Gasteiger partial charge in [0.1, 0.15) is 29.0 Å². The summed E-state index contributed by atoms with van der Waals surface area (Å²) in [5, 5.41) is 0. The molecule has 0 aromatic heterocycles. The first kappa shape index (κ1) is 32.1. The summed E-state index contributed by atoms with van der Waals surface area (Å²) in [6.07, 6.45) is -8.46. The van der Waals surface area contributed by atoms with Gasteiger partial charge in [-0.1, -0.05) is 22.6 Å². The van der Waals surface area contributed by atoms with Crippen LogP contribution >= 0.6 is 22.6 Å². The Morgan fingerprint density at radius 3 is 1.69 bits per heavy atom. The number of rotatable bonds is 8. The van der Waals surface area contributed by atoms with Crippen LogP contribution in [0.3, 0.4) is 0 Å². The first-order valence-corrected chi connectivity index (χ1v) is 13.7. The summed E-state index contributed by atoms with van der Waals surface area (Å²) in [4.78, 5) is 0. The maximum atomic E-state index is 14.7. The van der Waals surface area contributed by atoms with Gasteiger partial charge in [-0.25, -0.2) is 26.3 Å². The second-order valence-corrected chi connectivity index (χ2v) is 11.5. The standard InChI is InChI=1S/C28H20F11IO2/c29-19-7-14(13-1-3-16(40)4-2-13)8-20(30)18(19)5-6-27(35,36)41-17-11-21(31)25(22(32)12-17)15-9-23(33)26(24(34)10-15)42-28(37,38)39/h7-13,16H,1-6H2. The lowest BCUT2D eigenvalue weighted by atomic mass is 9.83. The van der Waals surface area contributed by atoms with E-state index in [9.17, 15) is 48.3 Å². The van der Waals surface area contributed by atoms with E-state index in [0.717, 1.165) is 37.8 Å². The fraction of sp³-hybridized carbons (Fsp3) is 0.357. The zero-order valence-electron chi connectivity index (χ0n) is 21.2. The van der Waals surface area contributed by atoms with Crippen molar-refractivity contribution in [2.24, 2.45) is 0 Å². The molecule has 42 heavy (non-hydrogen) atoms. The molecule has 0 aliphatic heterocycles. The molecule has 0 radical (unpaired) electrons. The topological polar surface area (TPSA) is 18.5 Å². The van der Waals surface area contributed by atoms with Gasteiger partial charge in [-0.15, -0.1) is 13.2 Å². The number of hydrogen-bond donors (Lipinski definition) is 0. The quantitative estimate of drug-likeness (QED) is 0.131. The molecule has 2 nitrogen and oxygen atoms in total. The Labute approximate surface area is 245 Å². The lowest BCUT2D eigenvalue weighted by molar-refractivity contribution is -0.276. The normalized spacial score (nSPS) is 17.8. The van der Waals surface area contributed by atoms with Crippen molar-refractivity contribution >= 4 is 22.6 Å². The fourth-order valence-electron chi connectivity index (χ4n) is 4.78. The first-order valence-electron chi connectivity index (χ1n) is 12.5. The van der Waals surface area contributed by atoms with E-state index < -0.39 is 88.4 Å². The maximum Gasteiger partial charge on any atom is 0.573 e. The molecular weight excluding hydrogens is 704 g/mol. The second-order valence-electron chi connectivity index (χ2n) is 9.73. The molecule has 0 atom stereocenters. The van der Waals surface area contributed by atoms with Gasteiger partial charge in [0.05, 0.1) is 12.0 Å². The van der Waals surface area contributed by atoms with E-state index in [2.05, 4.69) is 32.1 Å². The molecule has 1 fully saturated rings. The van der Waals surface area contributed by atoms with Crippen LogP contribution in [-0.4, -0.2) is 16.4 Å². The third-order valence-electron chi connectivity index (χ3n) is 6.75. The summed E-state index contributed by atoms with van der Waals surface area (Å²) in [7, 11) is 0. The highest BCUT2D eigenvalue weighted by molar-refractivity contribution is 14.1. The van der Waals surface area contributed by atoms with Crippen molar-refractivity contribution in [2.45, 2.75) is 60.8 Å². The summed E-state index contributed by atoms with van der Waals surface area (Å²) >= 11 is 2.31. The van der Waals surface area contributed by atoms with Crippen molar-refractivity contribution in [3.63, 3.8) is 0 Å². The van der Waals surface area contributed by atoms with Crippen molar-refractivity contribution in [3.8, 4) is 22.6 Å². The number of alkyl halides is 6. The highest BCUT2D eigenvalue weighted by atomic mass is 127. The number of hydrogen-bond acceptors (Lipinski definition) is 2. The number of halogens is 12. The van der Waals surface area contributed by atoms with E-state index in [0.29, 0.717) is 9.49 Å². The van der Waals surface area contributed by atoms with Gasteiger partial charge >= 0.3 is 12.5 Å². The van der Waals surface area contributed by atoms with Gasteiger partial charge in [-0.05, 0) is 73.4 Å². The lowest BCUT2D eigenvalue weighted by Crippen LogP contribution is -2.26. The van der Waals surface area contributed by atoms with E-state index in [1.807, 2.05) is 0 Å². The van der Waals surface area contributed by atoms with Crippen LogP contribution in [0.1, 0.15) is 49.1 Å². The molecular formula is C28H20F11IO2. The molecule has 228 valence electrons. The monoisotopic (exact) mass is 724 g/mol. The van der Waals surface area contributed by atoms with Crippen LogP contribution in [-0.2, 0) is 6.42 Å². The largest absolute Gasteiger partial charge is 0.573 e. The Morgan fingerprint density at radius 2 is 1.19 bits per heavy atom. The molecule has 4 rings (SSSR count). The minimum Gasteiger partial charge on any atom is -0.432 e. The zero-order valence-corrected chi connectivity index (χ0v) is 23.4. The predicted molar refractivity (Wildman–Crippen MR) is 138 cm³/mol. The highest BCUT2D eigenvalue weighted by Gasteiger charge is 2.35. The molecule has 0 unspecified atom stereocenters. The van der Waals surface area contributed by atoms with Crippen LogP contribution in [0.15, 0.2) is 36.4 Å². The Kier molecular flexibility index (Phi) is 9.53. The first-order chi connectivity index (χ1) is 19.5. The van der Waals surface area contributed by atoms with E-state index in [4.69, 9.17) is 0 Å². The zero-order chi connectivity index (χ0) is 31.0. The molecule has 3 aromatic rings. The molecule has 1 saturated carbocycles. The fourth-order valence-corrected chi connectivity index (χ4v) is 5.50. The number of ether oxygens (including phenoxy) is 2. The maximum absolute atomic E-state index is 14.7. The summed E-state index contributed by atoms with van der Waals surface area (Å²) in [6.45, 7) is 0. The van der Waals surface area contributed by atoms with Gasteiger partial charge in [0.2, 0.25) is 5.75 Å². The Morgan fingerprint density at radius 1 is 0.667 bits per heavy atom. The molecule has 1 aliphatic carbocycles. The SMILES string of the molecule is Fc1cc(C2CCC(I)CC2)cc(F)c1CCC(F)(F)Oc1cc(F)c(-c2cc(F)c(OC(F)(F)F)c(F)c2)c(F)c1. The van der Waals surface area contributed by atoms with Gasteiger partial charge in [-0.3, -0.25) is 0 Å². The summed E-state index contributed by atoms with van der Waals surface area (Å²) in [6, 6.07) is 3.05. The van der Waals surface area contributed by atoms with Crippen LogP contribution in [0.4, 0.5) is 48.3 Å². The minimum atomic E-state index is -5.46. The van der Waals surface area contributed by atoms with Gasteiger partial charge in [0.25, 0.3) is 0 Å². The third kappa shape index (κ3) is 7.78. The van der Waals surface area contributed by atoms with Crippen LogP contribution in [0.5, 0.6) is 11.5 Å². The summed E-state index contributed by atoms with van der Waals surface area (Å²) in [5.74, 6) is -12.2. The van der Waals surface area contributed by atoms with E-state index in [1.54, 1.807) is 0 Å². The molecule has 0 N–H and O–H groups in total. The van der Waals surface area contributed by atoms with Crippen LogP contribution in [0.25, 0.3) is 11.1 Å². The van der Waals surface area contributed by atoms with Crippen molar-refractivity contribution in [1.29, 1.82) is 0 Å². The molecule has 0 saturated heterocycles. The molecule has 0 amide bonds. The van der Waals surface area contributed by atoms with Gasteiger partial charge in [-0.2, -0.15) is 8.78 Å². The van der Waals surface area contributed by atoms with Crippen molar-refractivity contribution in [3.05, 3.63) is 82.4 Å². The van der Waals surface area contributed by atoms with Crippen molar-refractivity contribution in [1.82, 2.24) is 0 Å². The van der Waals surface area contributed by atoms with Crippen molar-refractivity contribution < 1.29 is 57.8 Å². The van der Waals surface area contributed by atoms with Crippen LogP contribution < -0.4 is 9.47 Å². The average molecular weight is 724 g/mol. The van der Waals surface area contributed by atoms with Crippen molar-refractivity contribution in [2.75, 3.05) is 0 Å². The van der Waals surface area contributed by atoms with Crippen LogP contribution in [0, 0.1) is 34.9 Å². The highest BCUT2D eigenvalue weighted by Crippen LogP contribution is 2.39. The molecule has 3 aromatic carbocycles. The number of benzene rings is 3. The summed E-state index contributed by atoms with van der Waals surface area (Å²) < 4.78 is 161. The van der Waals surface area contributed by atoms with Gasteiger partial charge < -0.3 is 9.47 Å². The van der Waals surface area contributed by atoms with Gasteiger partial charge in [0, 0.05) is 21.6 Å². The third-order valence-corrected chi connectivity index (χ3v) is 7.99. The van der Waals surface area contributed by atoms with E-state index in [1.165, 1.54) is 0 Å². The smallest absolute Gasteiger partial charge is 0.432 e. The lowest BCUT2D eigenvalue weighted by Gasteiger charge is -2.26. The Bertz CT molecular complexity index is 1380. The van der Waals surface area contributed by atoms with E-state index >= 15 is 0 Å². The van der Waals surface area contributed by atoms with Gasteiger partial charge in [0.15, 0.2) is 11.6 Å². The molecule has 1 aliphatic rings. The van der Waals surface area contributed by atoms with E-state index in [-0.39, 0.29) is 30.2 Å². The minimum absolute atomic E-state index is 0.0502. The summed E-state index contributed by atoms with van der Waals surface area (Å²) in [5.41, 5.74) is -2.23. The molecule has 0 spiro atoms. The Balaban J connectivity index is 1.48. The average Bonchev–Trinajstić information content (AvgIpc) is 2.85. The van der Waals surface area contributed by atoms with Crippen LogP contribution in [0.2, 0.25) is 0 Å². The second kappa shape index (κ2) is 12.4. The molecule has 14 heteroatoms. The molecule has 0 bridgehead atoms. The molecule has 0 heterocycles. The predicted octanol–water partition coefficient (Wildman–Crippen LogP) is 10.2. The Hall–Kier alpha value is -2.78.